The van der Waals surface area contributed by atoms with Gasteiger partial charge in [0.15, 0.2) is 0 Å². The molecule has 0 radical (unpaired) electrons. The van der Waals surface area contributed by atoms with Gasteiger partial charge in [-0.25, -0.2) is 0 Å². The van der Waals surface area contributed by atoms with E-state index in [-0.39, 0.29) is 23.2 Å². The monoisotopic (exact) mass is 203 g/mol. The van der Waals surface area contributed by atoms with Crippen molar-refractivity contribution < 1.29 is 4.79 Å². The van der Waals surface area contributed by atoms with E-state index in [0.717, 1.165) is 12.8 Å². The van der Waals surface area contributed by atoms with E-state index in [0.29, 0.717) is 5.92 Å². The van der Waals surface area contributed by atoms with Gasteiger partial charge in [-0.2, -0.15) is 0 Å². The standard InChI is InChI=1S/C10H18ClNO/c1-6-4-9(6)10(13)12-8(3)5-7(2)11/h6-9H,4-5H2,1-3H3,(H,12,13). The molecule has 0 spiro atoms. The quantitative estimate of drug-likeness (QED) is 0.698. The zero-order valence-electron chi connectivity index (χ0n) is 8.51. The molecule has 0 aliphatic heterocycles. The molecule has 4 unspecified atom stereocenters. The van der Waals surface area contributed by atoms with Crippen LogP contribution in [0.2, 0.25) is 0 Å². The molecule has 1 saturated carbocycles. The van der Waals surface area contributed by atoms with Crippen LogP contribution in [0.1, 0.15) is 33.6 Å². The summed E-state index contributed by atoms with van der Waals surface area (Å²) in [6, 6.07) is 0.202. The van der Waals surface area contributed by atoms with E-state index in [4.69, 9.17) is 11.6 Å². The maximum Gasteiger partial charge on any atom is 0.223 e. The summed E-state index contributed by atoms with van der Waals surface area (Å²) in [4.78, 5) is 11.5. The van der Waals surface area contributed by atoms with Crippen LogP contribution in [0, 0.1) is 11.8 Å². The summed E-state index contributed by atoms with van der Waals surface area (Å²) in [6.07, 6.45) is 1.89. The molecule has 3 heteroatoms. The Labute approximate surface area is 85.0 Å². The Kier molecular flexibility index (Phi) is 3.60. The van der Waals surface area contributed by atoms with Crippen LogP contribution in [0.4, 0.5) is 0 Å². The van der Waals surface area contributed by atoms with Gasteiger partial charge in [-0.05, 0) is 32.6 Å². The molecule has 0 aromatic heterocycles. The van der Waals surface area contributed by atoms with Crippen molar-refractivity contribution in [2.45, 2.75) is 45.0 Å². The fourth-order valence-corrected chi connectivity index (χ4v) is 1.85. The topological polar surface area (TPSA) is 29.1 Å². The number of hydrogen-bond acceptors (Lipinski definition) is 1. The number of nitrogens with one attached hydrogen (secondary N) is 1. The number of carbonyl (C=O) groups excluding carboxylic acids is 1. The third-order valence-electron chi connectivity index (χ3n) is 2.51. The first-order valence-corrected chi connectivity index (χ1v) is 5.38. The molecule has 1 N–H and O–H groups in total. The van der Waals surface area contributed by atoms with Gasteiger partial charge in [0, 0.05) is 17.3 Å². The van der Waals surface area contributed by atoms with Gasteiger partial charge in [-0.15, -0.1) is 11.6 Å². The summed E-state index contributed by atoms with van der Waals surface area (Å²) >= 11 is 5.83. The molecule has 0 aromatic rings. The average molecular weight is 204 g/mol. The lowest BCUT2D eigenvalue weighted by molar-refractivity contribution is -0.123. The molecule has 2 nitrogen and oxygen atoms in total. The lowest BCUT2D eigenvalue weighted by atomic mass is 10.2. The Balaban J connectivity index is 2.20. The fourth-order valence-electron chi connectivity index (χ4n) is 1.58. The molecule has 1 amide bonds. The van der Waals surface area contributed by atoms with Crippen LogP contribution in [-0.2, 0) is 4.79 Å². The summed E-state index contributed by atoms with van der Waals surface area (Å²) in [6.45, 7) is 6.06. The zero-order chi connectivity index (χ0) is 10.0. The van der Waals surface area contributed by atoms with Crippen molar-refractivity contribution in [3.8, 4) is 0 Å². The van der Waals surface area contributed by atoms with Crippen LogP contribution in [0.3, 0.4) is 0 Å². The number of amides is 1. The number of alkyl halides is 1. The first-order valence-electron chi connectivity index (χ1n) is 4.95. The zero-order valence-corrected chi connectivity index (χ0v) is 9.27. The molecule has 4 atom stereocenters. The van der Waals surface area contributed by atoms with E-state index >= 15 is 0 Å². The van der Waals surface area contributed by atoms with Crippen LogP contribution < -0.4 is 5.32 Å². The SMILES string of the molecule is CC(Cl)CC(C)NC(=O)C1CC1C. The van der Waals surface area contributed by atoms with Gasteiger partial charge in [0.05, 0.1) is 0 Å². The Bertz CT molecular complexity index is 193. The minimum absolute atomic E-state index is 0.131. The molecular weight excluding hydrogens is 186 g/mol. The Morgan fingerprint density at radius 3 is 2.54 bits per heavy atom. The van der Waals surface area contributed by atoms with Gasteiger partial charge in [0.25, 0.3) is 0 Å². The lowest BCUT2D eigenvalue weighted by Gasteiger charge is -2.14. The van der Waals surface area contributed by atoms with Gasteiger partial charge in [-0.1, -0.05) is 6.92 Å². The largest absolute Gasteiger partial charge is 0.353 e. The smallest absolute Gasteiger partial charge is 0.223 e. The normalized spacial score (nSPS) is 30.8. The predicted molar refractivity (Wildman–Crippen MR) is 54.8 cm³/mol. The van der Waals surface area contributed by atoms with E-state index in [1.807, 2.05) is 13.8 Å². The van der Waals surface area contributed by atoms with Crippen molar-refractivity contribution in [3.63, 3.8) is 0 Å². The first-order chi connectivity index (χ1) is 6.00. The first kappa shape index (κ1) is 10.8. The van der Waals surface area contributed by atoms with Crippen LogP contribution in [0.15, 0.2) is 0 Å². The minimum atomic E-state index is 0.131. The van der Waals surface area contributed by atoms with Gasteiger partial charge < -0.3 is 5.32 Å². The molecule has 13 heavy (non-hydrogen) atoms. The van der Waals surface area contributed by atoms with Crippen molar-refractivity contribution in [1.82, 2.24) is 5.32 Å². The summed E-state index contributed by atoms with van der Waals surface area (Å²) in [7, 11) is 0. The highest BCUT2D eigenvalue weighted by atomic mass is 35.5. The minimum Gasteiger partial charge on any atom is -0.353 e. The molecule has 0 heterocycles. The van der Waals surface area contributed by atoms with Crippen LogP contribution >= 0.6 is 11.6 Å². The number of rotatable bonds is 4. The molecule has 1 rings (SSSR count). The highest BCUT2D eigenvalue weighted by molar-refractivity contribution is 6.20. The van der Waals surface area contributed by atoms with E-state index in [9.17, 15) is 4.79 Å². The van der Waals surface area contributed by atoms with Crippen molar-refractivity contribution in [1.29, 1.82) is 0 Å². The van der Waals surface area contributed by atoms with E-state index < -0.39 is 0 Å². The third kappa shape index (κ3) is 3.55. The second kappa shape index (κ2) is 4.32. The van der Waals surface area contributed by atoms with Crippen molar-refractivity contribution in [2.75, 3.05) is 0 Å². The van der Waals surface area contributed by atoms with E-state index in [1.165, 1.54) is 0 Å². The maximum absolute atomic E-state index is 11.5. The third-order valence-corrected chi connectivity index (χ3v) is 2.69. The van der Waals surface area contributed by atoms with Crippen LogP contribution in [0.25, 0.3) is 0 Å². The van der Waals surface area contributed by atoms with Gasteiger partial charge in [-0.3, -0.25) is 4.79 Å². The molecule has 0 bridgehead atoms. The molecule has 1 aliphatic carbocycles. The molecule has 1 fully saturated rings. The van der Waals surface area contributed by atoms with Gasteiger partial charge >= 0.3 is 0 Å². The highest BCUT2D eigenvalue weighted by Gasteiger charge is 2.39. The summed E-state index contributed by atoms with van der Waals surface area (Å²) in [5.41, 5.74) is 0. The van der Waals surface area contributed by atoms with Gasteiger partial charge in [0.2, 0.25) is 5.91 Å². The van der Waals surface area contributed by atoms with E-state index in [1.54, 1.807) is 0 Å². The molecule has 0 aromatic carbocycles. The second-order valence-electron chi connectivity index (χ2n) is 4.25. The Hall–Kier alpha value is -0.240. The van der Waals surface area contributed by atoms with Crippen LogP contribution in [0.5, 0.6) is 0 Å². The predicted octanol–water partition coefficient (Wildman–Crippen LogP) is 2.16. The van der Waals surface area contributed by atoms with Crippen molar-refractivity contribution in [2.24, 2.45) is 11.8 Å². The van der Waals surface area contributed by atoms with Crippen molar-refractivity contribution >= 4 is 17.5 Å². The summed E-state index contributed by atoms with van der Waals surface area (Å²) in [5, 5.41) is 3.11. The van der Waals surface area contributed by atoms with Crippen molar-refractivity contribution in [3.05, 3.63) is 0 Å². The molecule has 1 aliphatic rings. The molecule has 76 valence electrons. The summed E-state index contributed by atoms with van der Waals surface area (Å²) < 4.78 is 0. The molecule has 0 saturated heterocycles. The van der Waals surface area contributed by atoms with Gasteiger partial charge in [0.1, 0.15) is 0 Å². The fraction of sp³-hybridized carbons (Fsp3) is 0.900. The van der Waals surface area contributed by atoms with Crippen LogP contribution in [-0.4, -0.2) is 17.3 Å². The average Bonchev–Trinajstić information content (AvgIpc) is 2.64. The maximum atomic E-state index is 11.5. The summed E-state index contributed by atoms with van der Waals surface area (Å²) in [5.74, 6) is 1.06. The van der Waals surface area contributed by atoms with E-state index in [2.05, 4.69) is 12.2 Å². The number of carbonyl (C=O) groups is 1. The Morgan fingerprint density at radius 1 is 1.62 bits per heavy atom. The molecular formula is C10H18ClNO. The number of hydrogen-bond donors (Lipinski definition) is 1. The Morgan fingerprint density at radius 2 is 2.15 bits per heavy atom. The lowest BCUT2D eigenvalue weighted by Crippen LogP contribution is -2.35. The second-order valence-corrected chi connectivity index (χ2v) is 4.99. The highest BCUT2D eigenvalue weighted by Crippen LogP contribution is 2.37. The number of halogens is 1.